The monoisotopic (exact) mass is 358 g/mol. The molecule has 3 atom stereocenters. The van der Waals surface area contributed by atoms with Crippen molar-refractivity contribution in [2.75, 3.05) is 13.9 Å². The van der Waals surface area contributed by atoms with Crippen LogP contribution in [0.4, 0.5) is 0 Å². The van der Waals surface area contributed by atoms with Crippen molar-refractivity contribution in [3.05, 3.63) is 47.0 Å². The highest BCUT2D eigenvalue weighted by atomic mass is 16.7. The van der Waals surface area contributed by atoms with Gasteiger partial charge in [0.1, 0.15) is 11.2 Å². The largest absolute Gasteiger partial charge is 0.504 e. The predicted molar refractivity (Wildman–Crippen MR) is 93.7 cm³/mol. The Morgan fingerprint density at radius 1 is 1.12 bits per heavy atom. The molecule has 1 aliphatic carbocycles. The number of phenolic OH excluding ortho intramolecular Hbond substituents is 1. The predicted octanol–water partition coefficient (Wildman–Crippen LogP) is 2.31. The van der Waals surface area contributed by atoms with Gasteiger partial charge >= 0.3 is 0 Å². The molecule has 0 fully saturated rings. The highest BCUT2D eigenvalue weighted by Crippen LogP contribution is 2.52. The smallest absolute Gasteiger partial charge is 0.231 e. The van der Waals surface area contributed by atoms with Gasteiger partial charge in [-0.3, -0.25) is 0 Å². The molecule has 0 saturated carbocycles. The van der Waals surface area contributed by atoms with E-state index in [2.05, 4.69) is 0 Å². The maximum atomic E-state index is 11.8. The summed E-state index contributed by atoms with van der Waals surface area (Å²) in [6.45, 7) is 3.63. The molecule has 3 unspecified atom stereocenters. The molecule has 6 heteroatoms. The van der Waals surface area contributed by atoms with Crippen LogP contribution in [-0.4, -0.2) is 34.8 Å². The molecule has 2 aromatic carbocycles. The summed E-state index contributed by atoms with van der Waals surface area (Å²) in [5, 5.41) is 33.4. The molecule has 2 aromatic rings. The molecule has 0 spiro atoms. The summed E-state index contributed by atoms with van der Waals surface area (Å²) in [6, 6.07) is 8.30. The highest BCUT2D eigenvalue weighted by Gasteiger charge is 2.56. The van der Waals surface area contributed by atoms with Crippen LogP contribution in [0.1, 0.15) is 30.5 Å². The minimum Gasteiger partial charge on any atom is -0.504 e. The van der Waals surface area contributed by atoms with Crippen molar-refractivity contribution in [1.29, 1.82) is 0 Å². The topological polar surface area (TPSA) is 88.4 Å². The molecular weight excluding hydrogens is 336 g/mol. The van der Waals surface area contributed by atoms with Gasteiger partial charge in [-0.15, -0.1) is 0 Å². The zero-order chi connectivity index (χ0) is 18.7. The number of aromatic hydroxyl groups is 1. The SMILES string of the molecule is COc1cc2c(cc1O)C(O)(c1ccc3c(c1)OCO3)C(C)(O)C(C)C2. The first-order valence-electron chi connectivity index (χ1n) is 8.54. The lowest BCUT2D eigenvalue weighted by Crippen LogP contribution is -2.58. The van der Waals surface area contributed by atoms with Crippen molar-refractivity contribution in [1.82, 2.24) is 0 Å². The van der Waals surface area contributed by atoms with E-state index in [1.807, 2.05) is 6.92 Å². The number of benzene rings is 2. The van der Waals surface area contributed by atoms with Crippen LogP contribution in [-0.2, 0) is 12.0 Å². The summed E-state index contributed by atoms with van der Waals surface area (Å²) in [5.41, 5.74) is -1.44. The number of aliphatic hydroxyl groups is 2. The molecule has 3 N–H and O–H groups in total. The minimum atomic E-state index is -1.73. The number of ether oxygens (including phenoxy) is 3. The Morgan fingerprint density at radius 3 is 2.58 bits per heavy atom. The number of methoxy groups -OCH3 is 1. The second-order valence-corrected chi connectivity index (χ2v) is 7.21. The lowest BCUT2D eigenvalue weighted by Gasteiger charge is -2.50. The maximum Gasteiger partial charge on any atom is 0.231 e. The van der Waals surface area contributed by atoms with Crippen LogP contribution >= 0.6 is 0 Å². The first-order valence-corrected chi connectivity index (χ1v) is 8.54. The van der Waals surface area contributed by atoms with Crippen LogP contribution in [0.25, 0.3) is 0 Å². The zero-order valence-electron chi connectivity index (χ0n) is 14.9. The number of phenols is 1. The fraction of sp³-hybridized carbons (Fsp3) is 0.400. The Labute approximate surface area is 151 Å². The van der Waals surface area contributed by atoms with Gasteiger partial charge in [-0.1, -0.05) is 13.0 Å². The van der Waals surface area contributed by atoms with E-state index in [1.165, 1.54) is 13.2 Å². The van der Waals surface area contributed by atoms with Gasteiger partial charge in [0.15, 0.2) is 23.0 Å². The standard InChI is InChI=1S/C20H22O6/c1-11-6-12-7-17(24-3)15(21)9-14(12)20(23,19(11,2)22)13-4-5-16-18(8-13)26-10-25-16/h4-5,7-9,11,21-23H,6,10H2,1-3H3. The summed E-state index contributed by atoms with van der Waals surface area (Å²) in [6.07, 6.45) is 0.547. The van der Waals surface area contributed by atoms with E-state index in [0.717, 1.165) is 5.56 Å². The lowest BCUT2D eigenvalue weighted by atomic mass is 9.61. The van der Waals surface area contributed by atoms with Crippen molar-refractivity contribution in [2.24, 2.45) is 5.92 Å². The third kappa shape index (κ3) is 2.12. The first kappa shape index (κ1) is 17.0. The molecule has 26 heavy (non-hydrogen) atoms. The fourth-order valence-electron chi connectivity index (χ4n) is 4.01. The van der Waals surface area contributed by atoms with E-state index in [9.17, 15) is 15.3 Å². The Bertz CT molecular complexity index is 875. The van der Waals surface area contributed by atoms with E-state index in [1.54, 1.807) is 31.2 Å². The third-order valence-corrected chi connectivity index (χ3v) is 5.80. The molecule has 0 amide bonds. The average molecular weight is 358 g/mol. The van der Waals surface area contributed by atoms with Crippen LogP contribution < -0.4 is 14.2 Å². The molecule has 138 valence electrons. The molecule has 4 rings (SSSR count). The van der Waals surface area contributed by atoms with Crippen LogP contribution in [0.15, 0.2) is 30.3 Å². The van der Waals surface area contributed by atoms with Gasteiger partial charge in [0, 0.05) is 0 Å². The Morgan fingerprint density at radius 2 is 1.85 bits per heavy atom. The van der Waals surface area contributed by atoms with Crippen LogP contribution in [0.2, 0.25) is 0 Å². The molecule has 0 aromatic heterocycles. The molecule has 2 aliphatic rings. The Balaban J connectivity index is 1.97. The van der Waals surface area contributed by atoms with Gasteiger partial charge in [0.05, 0.1) is 7.11 Å². The van der Waals surface area contributed by atoms with Crippen molar-refractivity contribution in [2.45, 2.75) is 31.5 Å². The van der Waals surface area contributed by atoms with Crippen LogP contribution in [0.3, 0.4) is 0 Å². The Kier molecular flexibility index (Phi) is 3.61. The molecule has 6 nitrogen and oxygen atoms in total. The second kappa shape index (κ2) is 5.53. The van der Waals surface area contributed by atoms with Crippen molar-refractivity contribution >= 4 is 0 Å². The molecule has 0 bridgehead atoms. The lowest BCUT2D eigenvalue weighted by molar-refractivity contribution is -0.158. The minimum absolute atomic E-state index is 0.0872. The van der Waals surface area contributed by atoms with Crippen LogP contribution in [0.5, 0.6) is 23.0 Å². The molecule has 1 heterocycles. The number of hydrogen-bond acceptors (Lipinski definition) is 6. The molecule has 0 radical (unpaired) electrons. The van der Waals surface area contributed by atoms with Crippen molar-refractivity contribution in [3.8, 4) is 23.0 Å². The second-order valence-electron chi connectivity index (χ2n) is 7.21. The average Bonchev–Trinajstić information content (AvgIpc) is 3.08. The van der Waals surface area contributed by atoms with Crippen molar-refractivity contribution < 1.29 is 29.5 Å². The van der Waals surface area contributed by atoms with E-state index >= 15 is 0 Å². The molecule has 0 saturated heterocycles. The van der Waals surface area contributed by atoms with E-state index in [0.29, 0.717) is 34.8 Å². The van der Waals surface area contributed by atoms with Gasteiger partial charge in [-0.05, 0) is 60.2 Å². The quantitative estimate of drug-likeness (QED) is 0.764. The first-order chi connectivity index (χ1) is 12.3. The van der Waals surface area contributed by atoms with Gasteiger partial charge in [0.25, 0.3) is 0 Å². The molecule has 1 aliphatic heterocycles. The zero-order valence-corrected chi connectivity index (χ0v) is 14.9. The van der Waals surface area contributed by atoms with E-state index in [4.69, 9.17) is 14.2 Å². The highest BCUT2D eigenvalue weighted by molar-refractivity contribution is 5.57. The normalized spacial score (nSPS) is 29.3. The summed E-state index contributed by atoms with van der Waals surface area (Å²) in [5.74, 6) is 1.13. The van der Waals surface area contributed by atoms with Gasteiger partial charge in [-0.25, -0.2) is 0 Å². The maximum absolute atomic E-state index is 11.8. The van der Waals surface area contributed by atoms with E-state index in [-0.39, 0.29) is 18.5 Å². The Hall–Kier alpha value is -2.44. The van der Waals surface area contributed by atoms with Gasteiger partial charge in [-0.2, -0.15) is 0 Å². The third-order valence-electron chi connectivity index (χ3n) is 5.80. The summed E-state index contributed by atoms with van der Waals surface area (Å²) >= 11 is 0. The van der Waals surface area contributed by atoms with E-state index < -0.39 is 11.2 Å². The summed E-state index contributed by atoms with van der Waals surface area (Å²) in [4.78, 5) is 0. The van der Waals surface area contributed by atoms with Gasteiger partial charge in [0.2, 0.25) is 6.79 Å². The number of rotatable bonds is 2. The van der Waals surface area contributed by atoms with Gasteiger partial charge < -0.3 is 29.5 Å². The summed E-state index contributed by atoms with van der Waals surface area (Å²) in [7, 11) is 1.48. The molecular formula is C20H22O6. The number of hydrogen-bond donors (Lipinski definition) is 3. The van der Waals surface area contributed by atoms with Crippen LogP contribution in [0, 0.1) is 5.92 Å². The summed E-state index contributed by atoms with van der Waals surface area (Å²) < 4.78 is 16.0. The number of fused-ring (bicyclic) bond motifs is 2. The fourth-order valence-corrected chi connectivity index (χ4v) is 4.01. The van der Waals surface area contributed by atoms with Crippen molar-refractivity contribution in [3.63, 3.8) is 0 Å².